The summed E-state index contributed by atoms with van der Waals surface area (Å²) >= 11 is 1.18. The fourth-order valence-corrected chi connectivity index (χ4v) is 5.56. The lowest BCUT2D eigenvalue weighted by atomic mass is 10.1. The highest BCUT2D eigenvalue weighted by Crippen LogP contribution is 2.28. The number of nitrogens with zero attached hydrogens (tertiary/aromatic N) is 3. The van der Waals surface area contributed by atoms with Crippen LogP contribution in [0, 0.1) is 13.8 Å². The SMILES string of the molecule is Cc1ccc(-c2nnc(S[C@H](C)C(=O)N(C)[C@H]3CCS(=O)(=O)C3)o2)cc1C. The Kier molecular flexibility index (Phi) is 5.62. The van der Waals surface area contributed by atoms with Crippen LogP contribution in [-0.2, 0) is 14.6 Å². The highest BCUT2D eigenvalue weighted by Gasteiger charge is 2.34. The average Bonchev–Trinajstić information content (AvgIpc) is 3.22. The molecule has 0 aliphatic carbocycles. The van der Waals surface area contributed by atoms with Gasteiger partial charge in [-0.2, -0.15) is 0 Å². The second-order valence-electron chi connectivity index (χ2n) is 6.94. The van der Waals surface area contributed by atoms with Gasteiger partial charge in [0.1, 0.15) is 0 Å². The number of rotatable bonds is 5. The van der Waals surface area contributed by atoms with Crippen molar-refractivity contribution in [1.82, 2.24) is 15.1 Å². The highest BCUT2D eigenvalue weighted by atomic mass is 32.2. The summed E-state index contributed by atoms with van der Waals surface area (Å²) in [6.07, 6.45) is 0.486. The van der Waals surface area contributed by atoms with E-state index in [1.807, 2.05) is 32.0 Å². The molecule has 7 nitrogen and oxygen atoms in total. The predicted octanol–water partition coefficient (Wildman–Crippen LogP) is 2.48. The molecule has 9 heteroatoms. The normalized spacial score (nSPS) is 19.8. The lowest BCUT2D eigenvalue weighted by Gasteiger charge is -2.25. The highest BCUT2D eigenvalue weighted by molar-refractivity contribution is 8.00. The van der Waals surface area contributed by atoms with E-state index in [0.29, 0.717) is 17.5 Å². The number of hydrogen-bond acceptors (Lipinski definition) is 7. The van der Waals surface area contributed by atoms with Crippen LogP contribution in [0.15, 0.2) is 27.8 Å². The van der Waals surface area contributed by atoms with E-state index in [1.165, 1.54) is 22.2 Å². The number of carbonyl (C=O) groups is 1. The Morgan fingerprint density at radius 2 is 2.04 bits per heavy atom. The van der Waals surface area contributed by atoms with Gasteiger partial charge >= 0.3 is 0 Å². The molecule has 3 rings (SSSR count). The number of aromatic nitrogens is 2. The molecule has 0 unspecified atom stereocenters. The first-order valence-electron chi connectivity index (χ1n) is 8.71. The minimum Gasteiger partial charge on any atom is -0.411 e. The van der Waals surface area contributed by atoms with E-state index in [-0.39, 0.29) is 23.5 Å². The zero-order chi connectivity index (χ0) is 19.8. The number of thioether (sulfide) groups is 1. The molecule has 1 aliphatic rings. The van der Waals surface area contributed by atoms with Gasteiger partial charge in [0.2, 0.25) is 11.8 Å². The zero-order valence-electron chi connectivity index (χ0n) is 15.8. The molecule has 2 aromatic rings. The van der Waals surface area contributed by atoms with Gasteiger partial charge < -0.3 is 9.32 Å². The van der Waals surface area contributed by atoms with Crippen LogP contribution < -0.4 is 0 Å². The number of hydrogen-bond donors (Lipinski definition) is 0. The second kappa shape index (κ2) is 7.63. The molecule has 0 bridgehead atoms. The van der Waals surface area contributed by atoms with Crippen LogP contribution in [-0.4, -0.2) is 59.3 Å². The van der Waals surface area contributed by atoms with Crippen molar-refractivity contribution in [2.75, 3.05) is 18.6 Å². The minimum atomic E-state index is -3.03. The minimum absolute atomic E-state index is 0.0319. The maximum atomic E-state index is 12.6. The smallest absolute Gasteiger partial charge is 0.277 e. The second-order valence-corrected chi connectivity index (χ2v) is 10.5. The predicted molar refractivity (Wildman–Crippen MR) is 104 cm³/mol. The third kappa shape index (κ3) is 4.52. The van der Waals surface area contributed by atoms with E-state index >= 15 is 0 Å². The van der Waals surface area contributed by atoms with Crippen LogP contribution in [0.5, 0.6) is 0 Å². The third-order valence-corrected chi connectivity index (χ3v) is 7.56. The lowest BCUT2D eigenvalue weighted by molar-refractivity contribution is -0.130. The van der Waals surface area contributed by atoms with E-state index in [4.69, 9.17) is 4.42 Å². The van der Waals surface area contributed by atoms with Crippen molar-refractivity contribution in [2.24, 2.45) is 0 Å². The quantitative estimate of drug-likeness (QED) is 0.700. The third-order valence-electron chi connectivity index (χ3n) is 4.89. The molecule has 0 saturated carbocycles. The Hall–Kier alpha value is -1.87. The molecule has 0 N–H and O–H groups in total. The summed E-state index contributed by atoms with van der Waals surface area (Å²) in [5, 5.41) is 7.96. The molecule has 0 radical (unpaired) electrons. The summed E-state index contributed by atoms with van der Waals surface area (Å²) in [6, 6.07) is 5.64. The van der Waals surface area contributed by atoms with Gasteiger partial charge in [-0.3, -0.25) is 4.79 Å². The van der Waals surface area contributed by atoms with E-state index < -0.39 is 15.1 Å². The average molecular weight is 410 g/mol. The van der Waals surface area contributed by atoms with Crippen molar-refractivity contribution in [3.05, 3.63) is 29.3 Å². The molecule has 27 heavy (non-hydrogen) atoms. The van der Waals surface area contributed by atoms with Gasteiger partial charge in [-0.05, 0) is 50.5 Å². The Balaban J connectivity index is 1.65. The summed E-state index contributed by atoms with van der Waals surface area (Å²) in [7, 11) is -1.38. The van der Waals surface area contributed by atoms with Crippen LogP contribution in [0.25, 0.3) is 11.5 Å². The summed E-state index contributed by atoms with van der Waals surface area (Å²) in [6.45, 7) is 5.81. The molecular weight excluding hydrogens is 386 g/mol. The van der Waals surface area contributed by atoms with E-state index in [0.717, 1.165) is 11.1 Å². The fraction of sp³-hybridized carbons (Fsp3) is 0.500. The van der Waals surface area contributed by atoms with Gasteiger partial charge in [0, 0.05) is 18.7 Å². The molecule has 146 valence electrons. The largest absolute Gasteiger partial charge is 0.411 e. The Labute approximate surface area is 163 Å². The molecule has 1 aromatic heterocycles. The number of amides is 1. The Bertz CT molecular complexity index is 955. The monoisotopic (exact) mass is 409 g/mol. The molecule has 2 atom stereocenters. The van der Waals surface area contributed by atoms with Crippen molar-refractivity contribution < 1.29 is 17.6 Å². The number of aryl methyl sites for hydroxylation is 2. The molecule has 1 aliphatic heterocycles. The first kappa shape index (κ1) is 19.9. The standard InChI is InChI=1S/C18H23N3O4S2/c1-11-5-6-14(9-12(11)2)16-19-20-18(25-16)26-13(3)17(22)21(4)15-7-8-27(23,24)10-15/h5-6,9,13,15H,7-8,10H2,1-4H3/t13-,15+/m1/s1. The van der Waals surface area contributed by atoms with Gasteiger partial charge in [-0.1, -0.05) is 17.8 Å². The summed E-state index contributed by atoms with van der Waals surface area (Å²) in [5.41, 5.74) is 3.16. The van der Waals surface area contributed by atoms with Gasteiger partial charge in [-0.15, -0.1) is 10.2 Å². The van der Waals surface area contributed by atoms with Crippen molar-refractivity contribution in [3.63, 3.8) is 0 Å². The Morgan fingerprint density at radius 3 is 2.67 bits per heavy atom. The van der Waals surface area contributed by atoms with Crippen LogP contribution in [0.1, 0.15) is 24.5 Å². The topological polar surface area (TPSA) is 93.4 Å². The lowest BCUT2D eigenvalue weighted by Crippen LogP contribution is -2.41. The van der Waals surface area contributed by atoms with Gasteiger partial charge in [-0.25, -0.2) is 8.42 Å². The van der Waals surface area contributed by atoms with E-state index in [9.17, 15) is 13.2 Å². The van der Waals surface area contributed by atoms with Crippen LogP contribution in [0.2, 0.25) is 0 Å². The van der Waals surface area contributed by atoms with Gasteiger partial charge in [0.25, 0.3) is 5.22 Å². The van der Waals surface area contributed by atoms with E-state index in [1.54, 1.807) is 14.0 Å². The fourth-order valence-electron chi connectivity index (χ4n) is 3.00. The first-order valence-corrected chi connectivity index (χ1v) is 11.4. The molecule has 2 heterocycles. The summed E-state index contributed by atoms with van der Waals surface area (Å²) in [5.74, 6) is 0.438. The zero-order valence-corrected chi connectivity index (χ0v) is 17.4. The summed E-state index contributed by atoms with van der Waals surface area (Å²) < 4.78 is 29.0. The first-order chi connectivity index (χ1) is 12.7. The van der Waals surface area contributed by atoms with Crippen molar-refractivity contribution in [2.45, 2.75) is 43.7 Å². The Morgan fingerprint density at radius 1 is 1.30 bits per heavy atom. The molecule has 1 fully saturated rings. The van der Waals surface area contributed by atoms with Gasteiger partial charge in [0.05, 0.1) is 16.8 Å². The van der Waals surface area contributed by atoms with Crippen LogP contribution >= 0.6 is 11.8 Å². The molecule has 0 spiro atoms. The van der Waals surface area contributed by atoms with Crippen molar-refractivity contribution in [3.8, 4) is 11.5 Å². The maximum Gasteiger partial charge on any atom is 0.277 e. The molecule has 1 amide bonds. The van der Waals surface area contributed by atoms with Crippen molar-refractivity contribution in [1.29, 1.82) is 0 Å². The van der Waals surface area contributed by atoms with Crippen LogP contribution in [0.3, 0.4) is 0 Å². The number of carbonyl (C=O) groups excluding carboxylic acids is 1. The van der Waals surface area contributed by atoms with Crippen LogP contribution in [0.4, 0.5) is 0 Å². The molecule has 1 saturated heterocycles. The molecule has 1 aromatic carbocycles. The van der Waals surface area contributed by atoms with Gasteiger partial charge in [0.15, 0.2) is 9.84 Å². The number of benzene rings is 1. The summed E-state index contributed by atoms with van der Waals surface area (Å²) in [4.78, 5) is 14.2. The van der Waals surface area contributed by atoms with Crippen molar-refractivity contribution >= 4 is 27.5 Å². The van der Waals surface area contributed by atoms with E-state index in [2.05, 4.69) is 10.2 Å². The molecular formula is C18H23N3O4S2. The maximum absolute atomic E-state index is 12.6. The number of sulfone groups is 1.